The molecule has 0 atom stereocenters. The first-order chi connectivity index (χ1) is 5.16. The van der Waals surface area contributed by atoms with Gasteiger partial charge in [0.1, 0.15) is 5.69 Å². The Hall–Kier alpha value is -0.930. The third kappa shape index (κ3) is 1.39. The third-order valence-corrected chi connectivity index (χ3v) is 1.53. The van der Waals surface area contributed by atoms with Gasteiger partial charge in [-0.3, -0.25) is 0 Å². The Bertz CT molecular complexity index is 242. The van der Waals surface area contributed by atoms with Crippen molar-refractivity contribution in [2.45, 2.75) is 33.2 Å². The number of aryl methyl sites for hydroxylation is 1. The SMILES string of the molecule is CCc1nnn(C(C)C)c1F. The molecule has 0 spiro atoms. The second-order valence-corrected chi connectivity index (χ2v) is 2.72. The van der Waals surface area contributed by atoms with Crippen LogP contribution in [0.25, 0.3) is 0 Å². The Kier molecular flexibility index (Phi) is 2.22. The van der Waals surface area contributed by atoms with Crippen molar-refractivity contribution in [3.63, 3.8) is 0 Å². The summed E-state index contributed by atoms with van der Waals surface area (Å²) in [6, 6.07) is 0.0443. The Morgan fingerprint density at radius 3 is 2.45 bits per heavy atom. The average Bonchev–Trinajstić information content (AvgIpc) is 2.30. The number of hydrogen-bond acceptors (Lipinski definition) is 2. The molecule has 0 radical (unpaired) electrons. The van der Waals surface area contributed by atoms with Gasteiger partial charge < -0.3 is 0 Å². The first-order valence-corrected chi connectivity index (χ1v) is 3.76. The minimum Gasteiger partial charge on any atom is -0.217 e. The lowest BCUT2D eigenvalue weighted by Crippen LogP contribution is -2.06. The van der Waals surface area contributed by atoms with Crippen molar-refractivity contribution in [3.8, 4) is 0 Å². The van der Waals surface area contributed by atoms with Crippen LogP contribution in [-0.2, 0) is 6.42 Å². The first-order valence-electron chi connectivity index (χ1n) is 3.76. The van der Waals surface area contributed by atoms with E-state index in [9.17, 15) is 4.39 Å². The molecule has 0 unspecified atom stereocenters. The monoisotopic (exact) mass is 157 g/mol. The topological polar surface area (TPSA) is 30.7 Å². The van der Waals surface area contributed by atoms with E-state index in [1.165, 1.54) is 4.68 Å². The van der Waals surface area contributed by atoms with E-state index in [1.807, 2.05) is 20.8 Å². The summed E-state index contributed by atoms with van der Waals surface area (Å²) < 4.78 is 14.4. The number of hydrogen-bond donors (Lipinski definition) is 0. The predicted octanol–water partition coefficient (Wildman–Crippen LogP) is 1.56. The fourth-order valence-corrected chi connectivity index (χ4v) is 0.861. The highest BCUT2D eigenvalue weighted by atomic mass is 19.1. The highest BCUT2D eigenvalue weighted by Gasteiger charge is 2.11. The van der Waals surface area contributed by atoms with Gasteiger partial charge in [0.05, 0.1) is 6.04 Å². The van der Waals surface area contributed by atoms with Crippen LogP contribution in [0, 0.1) is 5.95 Å². The molecular weight excluding hydrogens is 145 g/mol. The molecule has 0 saturated carbocycles. The van der Waals surface area contributed by atoms with E-state index in [4.69, 9.17) is 0 Å². The molecule has 0 aliphatic carbocycles. The van der Waals surface area contributed by atoms with E-state index in [-0.39, 0.29) is 12.0 Å². The molecule has 0 aliphatic rings. The van der Waals surface area contributed by atoms with Crippen molar-refractivity contribution in [1.29, 1.82) is 0 Å². The Morgan fingerprint density at radius 2 is 2.18 bits per heavy atom. The Balaban J connectivity index is 3.00. The normalized spacial score (nSPS) is 11.0. The molecular formula is C7H12FN3. The zero-order valence-electron chi connectivity index (χ0n) is 7.00. The van der Waals surface area contributed by atoms with Crippen LogP contribution in [0.15, 0.2) is 0 Å². The molecule has 0 fully saturated rings. The molecule has 11 heavy (non-hydrogen) atoms. The lowest BCUT2D eigenvalue weighted by Gasteiger charge is -2.02. The van der Waals surface area contributed by atoms with Crippen LogP contribution in [0.4, 0.5) is 4.39 Å². The maximum atomic E-state index is 13.1. The maximum absolute atomic E-state index is 13.1. The van der Waals surface area contributed by atoms with Gasteiger partial charge in [-0.2, -0.15) is 4.39 Å². The molecule has 0 saturated heterocycles. The highest BCUT2D eigenvalue weighted by molar-refractivity contribution is 4.95. The number of nitrogens with zero attached hydrogens (tertiary/aromatic N) is 3. The fourth-order valence-electron chi connectivity index (χ4n) is 0.861. The van der Waals surface area contributed by atoms with Gasteiger partial charge in [-0.1, -0.05) is 12.1 Å². The minimum absolute atomic E-state index is 0.0443. The lowest BCUT2D eigenvalue weighted by molar-refractivity contribution is 0.407. The summed E-state index contributed by atoms with van der Waals surface area (Å²) in [6.45, 7) is 5.60. The van der Waals surface area contributed by atoms with E-state index < -0.39 is 0 Å². The average molecular weight is 157 g/mol. The van der Waals surface area contributed by atoms with Gasteiger partial charge in [-0.15, -0.1) is 5.10 Å². The summed E-state index contributed by atoms with van der Waals surface area (Å²) >= 11 is 0. The predicted molar refractivity (Wildman–Crippen MR) is 39.7 cm³/mol. The molecule has 1 rings (SSSR count). The molecule has 4 heteroatoms. The smallest absolute Gasteiger partial charge is 0.217 e. The van der Waals surface area contributed by atoms with Gasteiger partial charge >= 0.3 is 0 Å². The molecule has 0 aliphatic heterocycles. The van der Waals surface area contributed by atoms with Crippen LogP contribution < -0.4 is 0 Å². The van der Waals surface area contributed by atoms with E-state index >= 15 is 0 Å². The maximum Gasteiger partial charge on any atom is 0.235 e. The van der Waals surface area contributed by atoms with Gasteiger partial charge in [0.25, 0.3) is 0 Å². The van der Waals surface area contributed by atoms with Crippen molar-refractivity contribution in [3.05, 3.63) is 11.6 Å². The molecule has 1 aromatic heterocycles. The highest BCUT2D eigenvalue weighted by Crippen LogP contribution is 2.09. The standard InChI is InChI=1S/C7H12FN3/c1-4-6-7(8)11(5(2)3)10-9-6/h5H,4H2,1-3H3. The van der Waals surface area contributed by atoms with Crippen molar-refractivity contribution >= 4 is 0 Å². The molecule has 0 bridgehead atoms. The van der Waals surface area contributed by atoms with Gasteiger partial charge in [0, 0.05) is 0 Å². The molecule has 1 heterocycles. The number of halogens is 1. The summed E-state index contributed by atoms with van der Waals surface area (Å²) in [5, 5.41) is 7.37. The molecule has 62 valence electrons. The molecule has 3 nitrogen and oxygen atoms in total. The summed E-state index contributed by atoms with van der Waals surface area (Å²) in [4.78, 5) is 0. The summed E-state index contributed by atoms with van der Waals surface area (Å²) in [5.41, 5.74) is 0.443. The molecule has 1 aromatic rings. The second kappa shape index (κ2) is 2.98. The minimum atomic E-state index is -0.303. The van der Waals surface area contributed by atoms with Gasteiger partial charge in [0.15, 0.2) is 0 Å². The van der Waals surface area contributed by atoms with Crippen LogP contribution in [-0.4, -0.2) is 15.0 Å². The molecule has 0 N–H and O–H groups in total. The van der Waals surface area contributed by atoms with Gasteiger partial charge in [0.2, 0.25) is 5.95 Å². The fraction of sp³-hybridized carbons (Fsp3) is 0.714. The number of rotatable bonds is 2. The van der Waals surface area contributed by atoms with Crippen LogP contribution in [0.2, 0.25) is 0 Å². The Labute approximate surface area is 65.2 Å². The van der Waals surface area contributed by atoms with Gasteiger partial charge in [-0.05, 0) is 20.3 Å². The van der Waals surface area contributed by atoms with E-state index in [0.29, 0.717) is 12.1 Å². The van der Waals surface area contributed by atoms with E-state index in [0.717, 1.165) is 0 Å². The summed E-state index contributed by atoms with van der Waals surface area (Å²) in [5.74, 6) is -0.303. The number of aromatic nitrogens is 3. The zero-order valence-corrected chi connectivity index (χ0v) is 7.00. The summed E-state index contributed by atoms with van der Waals surface area (Å²) in [7, 11) is 0. The van der Waals surface area contributed by atoms with Crippen molar-refractivity contribution in [2.24, 2.45) is 0 Å². The lowest BCUT2D eigenvalue weighted by atomic mass is 10.3. The van der Waals surface area contributed by atoms with Crippen LogP contribution >= 0.6 is 0 Å². The van der Waals surface area contributed by atoms with Gasteiger partial charge in [-0.25, -0.2) is 4.68 Å². The zero-order chi connectivity index (χ0) is 8.43. The Morgan fingerprint density at radius 1 is 1.55 bits per heavy atom. The molecule has 0 amide bonds. The van der Waals surface area contributed by atoms with Crippen LogP contribution in [0.1, 0.15) is 32.5 Å². The third-order valence-electron chi connectivity index (χ3n) is 1.53. The van der Waals surface area contributed by atoms with Crippen molar-refractivity contribution in [2.75, 3.05) is 0 Å². The summed E-state index contributed by atoms with van der Waals surface area (Å²) in [6.07, 6.45) is 0.596. The van der Waals surface area contributed by atoms with E-state index in [1.54, 1.807) is 0 Å². The van der Waals surface area contributed by atoms with Crippen LogP contribution in [0.3, 0.4) is 0 Å². The van der Waals surface area contributed by atoms with Crippen molar-refractivity contribution in [1.82, 2.24) is 15.0 Å². The van der Waals surface area contributed by atoms with Crippen molar-refractivity contribution < 1.29 is 4.39 Å². The second-order valence-electron chi connectivity index (χ2n) is 2.72. The van der Waals surface area contributed by atoms with E-state index in [2.05, 4.69) is 10.3 Å². The quantitative estimate of drug-likeness (QED) is 0.652. The van der Waals surface area contributed by atoms with Crippen LogP contribution in [0.5, 0.6) is 0 Å². The molecule has 0 aromatic carbocycles. The largest absolute Gasteiger partial charge is 0.235 e. The first kappa shape index (κ1) is 8.17.